The van der Waals surface area contributed by atoms with Crippen molar-refractivity contribution in [2.24, 2.45) is 5.92 Å². The van der Waals surface area contributed by atoms with E-state index in [-0.39, 0.29) is 5.75 Å². The van der Waals surface area contributed by atoms with E-state index in [1.54, 1.807) is 6.92 Å². The van der Waals surface area contributed by atoms with Gasteiger partial charge in [-0.05, 0) is 26.3 Å². The first kappa shape index (κ1) is 15.5. The van der Waals surface area contributed by atoms with Crippen molar-refractivity contribution in [2.75, 3.05) is 32.4 Å². The Bertz CT molecular complexity index is 526. The zero-order chi connectivity index (χ0) is 14.6. The van der Waals surface area contributed by atoms with Crippen molar-refractivity contribution in [2.45, 2.75) is 26.3 Å². The molecule has 0 unspecified atom stereocenters. The van der Waals surface area contributed by atoms with Gasteiger partial charge in [-0.3, -0.25) is 0 Å². The molecule has 7 heteroatoms. The van der Waals surface area contributed by atoms with Crippen LogP contribution in [0.25, 0.3) is 0 Å². The van der Waals surface area contributed by atoms with E-state index < -0.39 is 10.0 Å². The molecule has 0 saturated carbocycles. The summed E-state index contributed by atoms with van der Waals surface area (Å²) in [6.07, 6.45) is 6.09. The number of hydrogen-bond donors (Lipinski definition) is 1. The molecule has 2 heterocycles. The summed E-state index contributed by atoms with van der Waals surface area (Å²) < 4.78 is 27.5. The lowest BCUT2D eigenvalue weighted by molar-refractivity contribution is 0.237. The van der Waals surface area contributed by atoms with E-state index in [0.717, 1.165) is 32.5 Å². The molecule has 1 aliphatic heterocycles. The fraction of sp³-hybridized carbons (Fsp3) is 0.769. The number of likely N-dealkylation sites (N-methyl/N-ethyl adjacent to an activating group) is 1. The van der Waals surface area contributed by atoms with Gasteiger partial charge in [-0.1, -0.05) is 0 Å². The predicted octanol–water partition coefficient (Wildman–Crippen LogP) is 0.317. The molecule has 6 nitrogen and oxygen atoms in total. The van der Waals surface area contributed by atoms with Crippen molar-refractivity contribution in [1.82, 2.24) is 19.2 Å². The largest absolute Gasteiger partial charge is 0.335 e. The highest BCUT2D eigenvalue weighted by Gasteiger charge is 2.20. The van der Waals surface area contributed by atoms with Crippen molar-refractivity contribution >= 4 is 10.0 Å². The standard InChI is InChI=1S/C13H24N4O2S/c1-3-20(18,19)15-7-8-16(2)10-12-4-5-13-14-6-9-17(13)11-12/h6,9,12,15H,3-5,7-8,10-11H2,1-2H3/t12-/m0/s1. The van der Waals surface area contributed by atoms with Crippen LogP contribution in [0.3, 0.4) is 0 Å². The van der Waals surface area contributed by atoms with Crippen LogP contribution >= 0.6 is 0 Å². The molecule has 0 amide bonds. The molecule has 0 radical (unpaired) electrons. The Kier molecular flexibility index (Phi) is 5.17. The number of nitrogens with zero attached hydrogens (tertiary/aromatic N) is 3. The number of imidazole rings is 1. The first-order valence-electron chi connectivity index (χ1n) is 7.16. The second-order valence-electron chi connectivity index (χ2n) is 5.46. The molecule has 0 aliphatic carbocycles. The molecule has 114 valence electrons. The minimum Gasteiger partial charge on any atom is -0.335 e. The second-order valence-corrected chi connectivity index (χ2v) is 7.56. The summed E-state index contributed by atoms with van der Waals surface area (Å²) in [5, 5.41) is 0. The summed E-state index contributed by atoms with van der Waals surface area (Å²) in [5.74, 6) is 1.94. The minimum absolute atomic E-state index is 0.142. The third-order valence-electron chi connectivity index (χ3n) is 3.80. The van der Waals surface area contributed by atoms with Crippen molar-refractivity contribution in [1.29, 1.82) is 0 Å². The highest BCUT2D eigenvalue weighted by molar-refractivity contribution is 7.89. The van der Waals surface area contributed by atoms with E-state index in [9.17, 15) is 8.42 Å². The van der Waals surface area contributed by atoms with Gasteiger partial charge in [-0.15, -0.1) is 0 Å². The maximum absolute atomic E-state index is 11.3. The number of aromatic nitrogens is 2. The van der Waals surface area contributed by atoms with Crippen LogP contribution in [0.15, 0.2) is 12.4 Å². The summed E-state index contributed by atoms with van der Waals surface area (Å²) in [5.41, 5.74) is 0. The van der Waals surface area contributed by atoms with Crippen LogP contribution in [0.1, 0.15) is 19.2 Å². The average molecular weight is 300 g/mol. The quantitative estimate of drug-likeness (QED) is 0.787. The van der Waals surface area contributed by atoms with E-state index in [4.69, 9.17) is 0 Å². The Balaban J connectivity index is 1.72. The summed E-state index contributed by atoms with van der Waals surface area (Å²) in [6, 6.07) is 0. The predicted molar refractivity (Wildman–Crippen MR) is 79.0 cm³/mol. The van der Waals surface area contributed by atoms with Gasteiger partial charge in [-0.25, -0.2) is 18.1 Å². The van der Waals surface area contributed by atoms with Gasteiger partial charge in [0.25, 0.3) is 0 Å². The lowest BCUT2D eigenvalue weighted by Crippen LogP contribution is -2.37. The van der Waals surface area contributed by atoms with Gasteiger partial charge in [0.15, 0.2) is 0 Å². The van der Waals surface area contributed by atoms with Gasteiger partial charge in [0, 0.05) is 45.0 Å². The normalized spacial score (nSPS) is 19.2. The van der Waals surface area contributed by atoms with E-state index in [1.807, 2.05) is 19.4 Å². The zero-order valence-corrected chi connectivity index (χ0v) is 13.1. The molecule has 2 rings (SSSR count). The fourth-order valence-corrected chi connectivity index (χ4v) is 3.22. The Hall–Kier alpha value is -0.920. The molecular weight excluding hydrogens is 276 g/mol. The number of rotatable bonds is 7. The van der Waals surface area contributed by atoms with Crippen molar-refractivity contribution < 1.29 is 8.42 Å². The maximum atomic E-state index is 11.3. The molecule has 0 aromatic carbocycles. The van der Waals surface area contributed by atoms with Crippen LogP contribution in [-0.4, -0.2) is 55.3 Å². The molecule has 0 spiro atoms. The second kappa shape index (κ2) is 6.69. The zero-order valence-electron chi connectivity index (χ0n) is 12.2. The van der Waals surface area contributed by atoms with Crippen molar-refractivity contribution in [3.8, 4) is 0 Å². The molecule has 0 bridgehead atoms. The first-order valence-corrected chi connectivity index (χ1v) is 8.81. The minimum atomic E-state index is -3.07. The molecule has 20 heavy (non-hydrogen) atoms. The number of fused-ring (bicyclic) bond motifs is 1. The van der Waals surface area contributed by atoms with Crippen LogP contribution in [-0.2, 0) is 23.0 Å². The summed E-state index contributed by atoms with van der Waals surface area (Å²) in [6.45, 7) is 4.88. The number of sulfonamides is 1. The van der Waals surface area contributed by atoms with Gasteiger partial charge in [0.1, 0.15) is 5.82 Å². The smallest absolute Gasteiger partial charge is 0.211 e. The molecule has 0 saturated heterocycles. The SMILES string of the molecule is CCS(=O)(=O)NCCN(C)C[C@@H]1CCc2nccn2C1. The van der Waals surface area contributed by atoms with Crippen molar-refractivity contribution in [3.63, 3.8) is 0 Å². The van der Waals surface area contributed by atoms with Crippen LogP contribution in [0.5, 0.6) is 0 Å². The summed E-state index contributed by atoms with van der Waals surface area (Å²) in [4.78, 5) is 6.53. The van der Waals surface area contributed by atoms with E-state index in [0.29, 0.717) is 12.5 Å². The number of aryl methyl sites for hydroxylation is 1. The number of nitrogens with one attached hydrogen (secondary N) is 1. The highest BCUT2D eigenvalue weighted by atomic mass is 32.2. The summed E-state index contributed by atoms with van der Waals surface area (Å²) >= 11 is 0. The molecule has 1 aliphatic rings. The third kappa shape index (κ3) is 4.29. The van der Waals surface area contributed by atoms with Crippen LogP contribution in [0, 0.1) is 5.92 Å². The van der Waals surface area contributed by atoms with Gasteiger partial charge in [-0.2, -0.15) is 0 Å². The molecule has 1 atom stereocenters. The molecule has 0 fully saturated rings. The topological polar surface area (TPSA) is 67.2 Å². The van der Waals surface area contributed by atoms with Gasteiger partial charge < -0.3 is 9.47 Å². The Morgan fingerprint density at radius 3 is 3.10 bits per heavy atom. The number of hydrogen-bond acceptors (Lipinski definition) is 4. The molecule has 1 aromatic heterocycles. The molecule has 1 N–H and O–H groups in total. The fourth-order valence-electron chi connectivity index (χ4n) is 2.61. The Labute approximate surface area is 121 Å². The van der Waals surface area contributed by atoms with Gasteiger partial charge in [0.05, 0.1) is 5.75 Å². The maximum Gasteiger partial charge on any atom is 0.211 e. The monoisotopic (exact) mass is 300 g/mol. The van der Waals surface area contributed by atoms with E-state index >= 15 is 0 Å². The van der Waals surface area contributed by atoms with Crippen LogP contribution in [0.2, 0.25) is 0 Å². The van der Waals surface area contributed by atoms with Crippen molar-refractivity contribution in [3.05, 3.63) is 18.2 Å². The lowest BCUT2D eigenvalue weighted by Gasteiger charge is -2.28. The molecule has 1 aromatic rings. The van der Waals surface area contributed by atoms with E-state index in [1.165, 1.54) is 5.82 Å². The third-order valence-corrected chi connectivity index (χ3v) is 5.20. The Morgan fingerprint density at radius 2 is 2.35 bits per heavy atom. The highest BCUT2D eigenvalue weighted by Crippen LogP contribution is 2.19. The first-order chi connectivity index (χ1) is 9.50. The van der Waals surface area contributed by atoms with E-state index in [2.05, 4.69) is 19.2 Å². The Morgan fingerprint density at radius 1 is 1.55 bits per heavy atom. The van der Waals surface area contributed by atoms with Gasteiger partial charge >= 0.3 is 0 Å². The van der Waals surface area contributed by atoms with Crippen LogP contribution in [0.4, 0.5) is 0 Å². The average Bonchev–Trinajstić information content (AvgIpc) is 2.86. The lowest BCUT2D eigenvalue weighted by atomic mass is 9.99. The van der Waals surface area contributed by atoms with Crippen LogP contribution < -0.4 is 4.72 Å². The summed E-state index contributed by atoms with van der Waals surface area (Å²) in [7, 11) is -1.02. The van der Waals surface area contributed by atoms with Gasteiger partial charge in [0.2, 0.25) is 10.0 Å². The molecular formula is C13H24N4O2S.